The molecule has 1 fully saturated rings. The number of nitrogens with zero attached hydrogens (tertiary/aromatic N) is 1. The molecule has 2 rings (SSSR count). The van der Waals surface area contributed by atoms with Crippen LogP contribution >= 0.6 is 0 Å². The summed E-state index contributed by atoms with van der Waals surface area (Å²) in [6, 6.07) is 5.39. The van der Waals surface area contributed by atoms with Crippen LogP contribution in [0.1, 0.15) is 26.7 Å². The molecule has 1 saturated heterocycles. The van der Waals surface area contributed by atoms with Gasteiger partial charge in [0, 0.05) is 25.2 Å². The summed E-state index contributed by atoms with van der Waals surface area (Å²) in [6.45, 7) is 5.15. The van der Waals surface area contributed by atoms with Gasteiger partial charge in [-0.3, -0.25) is 4.79 Å². The molecule has 0 saturated carbocycles. The molecule has 5 nitrogen and oxygen atoms in total. The van der Waals surface area contributed by atoms with E-state index in [0.29, 0.717) is 24.7 Å². The van der Waals surface area contributed by atoms with Crippen molar-refractivity contribution in [1.82, 2.24) is 10.6 Å². The average Bonchev–Trinajstić information content (AvgIpc) is 2.79. The van der Waals surface area contributed by atoms with E-state index in [-0.39, 0.29) is 30.2 Å². The molecular weight excluding hydrogens is 285 g/mol. The quantitative estimate of drug-likeness (QED) is 0.876. The van der Waals surface area contributed by atoms with E-state index in [2.05, 4.69) is 24.5 Å². The van der Waals surface area contributed by atoms with E-state index in [1.54, 1.807) is 12.1 Å². The minimum absolute atomic E-state index is 0.113. The van der Waals surface area contributed by atoms with Crippen molar-refractivity contribution in [3.63, 3.8) is 0 Å². The lowest BCUT2D eigenvalue weighted by molar-refractivity contribution is -0.117. The minimum atomic E-state index is -0.381. The first-order valence-corrected chi connectivity index (χ1v) is 7.56. The zero-order valence-electron chi connectivity index (χ0n) is 12.9. The summed E-state index contributed by atoms with van der Waals surface area (Å²) in [6.07, 6.45) is 1.14. The van der Waals surface area contributed by atoms with Crippen molar-refractivity contribution in [2.24, 2.45) is 5.92 Å². The normalized spacial score (nSPS) is 17.9. The summed E-state index contributed by atoms with van der Waals surface area (Å²) in [5, 5.41) is 5.57. The van der Waals surface area contributed by atoms with E-state index in [4.69, 9.17) is 0 Å². The van der Waals surface area contributed by atoms with E-state index in [9.17, 15) is 14.0 Å². The van der Waals surface area contributed by atoms with E-state index in [1.807, 2.05) is 0 Å². The Balaban J connectivity index is 1.86. The number of carbonyl (C=O) groups excluding carboxylic acids is 2. The average molecular weight is 307 g/mol. The molecule has 6 heteroatoms. The van der Waals surface area contributed by atoms with Crippen molar-refractivity contribution < 1.29 is 14.0 Å². The van der Waals surface area contributed by atoms with Gasteiger partial charge in [-0.05, 0) is 30.5 Å². The summed E-state index contributed by atoms with van der Waals surface area (Å²) < 4.78 is 13.2. The molecule has 120 valence electrons. The summed E-state index contributed by atoms with van der Waals surface area (Å²) in [4.78, 5) is 25.3. The zero-order valence-corrected chi connectivity index (χ0v) is 12.9. The highest BCUT2D eigenvalue weighted by molar-refractivity contribution is 5.96. The summed E-state index contributed by atoms with van der Waals surface area (Å²) in [5.74, 6) is 0.0306. The van der Waals surface area contributed by atoms with Gasteiger partial charge in [0.1, 0.15) is 5.82 Å². The van der Waals surface area contributed by atoms with Crippen molar-refractivity contribution in [3.05, 3.63) is 30.1 Å². The SMILES string of the molecule is CC(C)CCNC(=O)N[C@@H]1CC(=O)N(c2cccc(F)c2)C1. The van der Waals surface area contributed by atoms with Gasteiger partial charge in [0.25, 0.3) is 0 Å². The van der Waals surface area contributed by atoms with E-state index >= 15 is 0 Å². The monoisotopic (exact) mass is 307 g/mol. The van der Waals surface area contributed by atoms with Gasteiger partial charge in [0.15, 0.2) is 0 Å². The van der Waals surface area contributed by atoms with E-state index in [0.717, 1.165) is 6.42 Å². The molecule has 22 heavy (non-hydrogen) atoms. The van der Waals surface area contributed by atoms with Crippen LogP contribution in [0.5, 0.6) is 0 Å². The van der Waals surface area contributed by atoms with E-state index < -0.39 is 0 Å². The van der Waals surface area contributed by atoms with Gasteiger partial charge in [-0.1, -0.05) is 19.9 Å². The van der Waals surface area contributed by atoms with Crippen molar-refractivity contribution in [1.29, 1.82) is 0 Å². The Bertz CT molecular complexity index is 548. The fourth-order valence-corrected chi connectivity index (χ4v) is 2.41. The number of rotatable bonds is 5. The first kappa shape index (κ1) is 16.3. The molecule has 3 amide bonds. The van der Waals surface area contributed by atoms with Crippen LogP contribution in [0.4, 0.5) is 14.9 Å². The Labute approximate surface area is 129 Å². The van der Waals surface area contributed by atoms with Gasteiger partial charge >= 0.3 is 6.03 Å². The molecule has 0 aromatic heterocycles. The number of urea groups is 1. The molecular formula is C16H22FN3O2. The molecule has 2 N–H and O–H groups in total. The number of carbonyl (C=O) groups is 2. The number of anilines is 1. The number of amides is 3. The molecule has 1 aromatic rings. The van der Waals surface area contributed by atoms with E-state index in [1.165, 1.54) is 17.0 Å². The van der Waals surface area contributed by atoms with Gasteiger partial charge in [0.2, 0.25) is 5.91 Å². The Kier molecular flexibility index (Phi) is 5.35. The van der Waals surface area contributed by atoms with Gasteiger partial charge in [0.05, 0.1) is 6.04 Å². The maximum Gasteiger partial charge on any atom is 0.315 e. The van der Waals surface area contributed by atoms with Crippen molar-refractivity contribution in [3.8, 4) is 0 Å². The standard InChI is InChI=1S/C16H22FN3O2/c1-11(2)6-7-18-16(22)19-13-9-15(21)20(10-13)14-5-3-4-12(17)8-14/h3-5,8,11,13H,6-7,9-10H2,1-2H3,(H2,18,19,22)/t13-/m1/s1. The largest absolute Gasteiger partial charge is 0.338 e. The number of nitrogens with one attached hydrogen (secondary N) is 2. The second-order valence-electron chi connectivity index (χ2n) is 5.97. The fourth-order valence-electron chi connectivity index (χ4n) is 2.41. The number of hydrogen-bond acceptors (Lipinski definition) is 2. The number of benzene rings is 1. The Morgan fingerprint density at radius 2 is 2.23 bits per heavy atom. The predicted molar refractivity (Wildman–Crippen MR) is 83.1 cm³/mol. The molecule has 1 aliphatic rings. The number of halogens is 1. The van der Waals surface area contributed by atoms with Gasteiger partial charge in [-0.2, -0.15) is 0 Å². The second-order valence-corrected chi connectivity index (χ2v) is 5.97. The second kappa shape index (κ2) is 7.24. The lowest BCUT2D eigenvalue weighted by Gasteiger charge is -2.17. The molecule has 0 spiro atoms. The van der Waals surface area contributed by atoms with Crippen LogP contribution in [-0.2, 0) is 4.79 Å². The van der Waals surface area contributed by atoms with Gasteiger partial charge in [-0.15, -0.1) is 0 Å². The summed E-state index contributed by atoms with van der Waals surface area (Å²) in [7, 11) is 0. The van der Waals surface area contributed by atoms with Crippen LogP contribution in [0.25, 0.3) is 0 Å². The van der Waals surface area contributed by atoms with Crippen LogP contribution in [0.15, 0.2) is 24.3 Å². The molecule has 1 aliphatic heterocycles. The molecule has 0 unspecified atom stereocenters. The lowest BCUT2D eigenvalue weighted by atomic mass is 10.1. The molecule has 0 aliphatic carbocycles. The Hall–Kier alpha value is -2.11. The molecule has 0 bridgehead atoms. The van der Waals surface area contributed by atoms with Gasteiger partial charge in [-0.25, -0.2) is 9.18 Å². The Morgan fingerprint density at radius 1 is 1.45 bits per heavy atom. The predicted octanol–water partition coefficient (Wildman–Crippen LogP) is 2.28. The third-order valence-electron chi connectivity index (χ3n) is 3.59. The molecule has 1 heterocycles. The highest BCUT2D eigenvalue weighted by Crippen LogP contribution is 2.22. The van der Waals surface area contributed by atoms with Crippen LogP contribution in [0, 0.1) is 11.7 Å². The zero-order chi connectivity index (χ0) is 16.1. The van der Waals surface area contributed by atoms with Crippen LogP contribution in [0.2, 0.25) is 0 Å². The lowest BCUT2D eigenvalue weighted by Crippen LogP contribution is -2.43. The highest BCUT2D eigenvalue weighted by atomic mass is 19.1. The molecule has 1 atom stereocenters. The first-order chi connectivity index (χ1) is 10.5. The molecule has 0 radical (unpaired) electrons. The third-order valence-corrected chi connectivity index (χ3v) is 3.59. The smallest absolute Gasteiger partial charge is 0.315 e. The van der Waals surface area contributed by atoms with Crippen LogP contribution in [-0.4, -0.2) is 31.1 Å². The Morgan fingerprint density at radius 3 is 2.91 bits per heavy atom. The maximum absolute atomic E-state index is 13.2. The maximum atomic E-state index is 13.2. The number of hydrogen-bond donors (Lipinski definition) is 2. The van der Waals surface area contributed by atoms with Crippen LogP contribution < -0.4 is 15.5 Å². The third kappa shape index (κ3) is 4.44. The topological polar surface area (TPSA) is 61.4 Å². The fraction of sp³-hybridized carbons (Fsp3) is 0.500. The molecule has 1 aromatic carbocycles. The van der Waals surface area contributed by atoms with Crippen molar-refractivity contribution >= 4 is 17.6 Å². The highest BCUT2D eigenvalue weighted by Gasteiger charge is 2.31. The van der Waals surface area contributed by atoms with Crippen LogP contribution in [0.3, 0.4) is 0 Å². The minimum Gasteiger partial charge on any atom is -0.338 e. The van der Waals surface area contributed by atoms with Gasteiger partial charge < -0.3 is 15.5 Å². The van der Waals surface area contributed by atoms with Crippen molar-refractivity contribution in [2.45, 2.75) is 32.7 Å². The summed E-state index contributed by atoms with van der Waals surface area (Å²) >= 11 is 0. The first-order valence-electron chi connectivity index (χ1n) is 7.56. The summed E-state index contributed by atoms with van der Waals surface area (Å²) in [5.41, 5.74) is 0.523. The van der Waals surface area contributed by atoms with Crippen molar-refractivity contribution in [2.75, 3.05) is 18.0 Å².